The van der Waals surface area contributed by atoms with Crippen LogP contribution in [-0.2, 0) is 0 Å². The highest BCUT2D eigenvalue weighted by atomic mass is 35.5. The zero-order valence-electron chi connectivity index (χ0n) is 10.9. The summed E-state index contributed by atoms with van der Waals surface area (Å²) >= 11 is 5.88. The SMILES string of the molecule is Cc1cc(C(=O)N(C)CC2CC(Cl)C2)c(F)cc1F. The summed E-state index contributed by atoms with van der Waals surface area (Å²) in [6.45, 7) is 2.06. The third-order valence-corrected chi connectivity index (χ3v) is 3.89. The van der Waals surface area contributed by atoms with Gasteiger partial charge in [0.25, 0.3) is 5.91 Å². The quantitative estimate of drug-likeness (QED) is 0.781. The van der Waals surface area contributed by atoms with Crippen molar-refractivity contribution < 1.29 is 13.6 Å². The molecule has 2 nitrogen and oxygen atoms in total. The standard InChI is InChI=1S/C14H16ClF2NO/c1-8-3-11(13(17)6-12(8)16)14(19)18(2)7-9-4-10(15)5-9/h3,6,9-10H,4-5,7H2,1-2H3. The van der Waals surface area contributed by atoms with Gasteiger partial charge in [0, 0.05) is 25.0 Å². The van der Waals surface area contributed by atoms with Crippen molar-refractivity contribution in [3.63, 3.8) is 0 Å². The topological polar surface area (TPSA) is 20.3 Å². The van der Waals surface area contributed by atoms with Gasteiger partial charge >= 0.3 is 0 Å². The van der Waals surface area contributed by atoms with E-state index in [0.717, 1.165) is 18.9 Å². The fourth-order valence-corrected chi connectivity index (χ4v) is 2.80. The molecule has 0 N–H and O–H groups in total. The second-order valence-corrected chi connectivity index (χ2v) is 5.82. The maximum atomic E-state index is 13.6. The summed E-state index contributed by atoms with van der Waals surface area (Å²) < 4.78 is 26.8. The van der Waals surface area contributed by atoms with Crippen molar-refractivity contribution in [2.45, 2.75) is 25.1 Å². The summed E-state index contributed by atoms with van der Waals surface area (Å²) in [4.78, 5) is 13.6. The molecule has 0 unspecified atom stereocenters. The summed E-state index contributed by atoms with van der Waals surface area (Å²) in [6.07, 6.45) is 1.76. The smallest absolute Gasteiger partial charge is 0.256 e. The Morgan fingerprint density at radius 3 is 2.58 bits per heavy atom. The molecule has 1 saturated carbocycles. The summed E-state index contributed by atoms with van der Waals surface area (Å²) in [5.41, 5.74) is 0.186. The highest BCUT2D eigenvalue weighted by Gasteiger charge is 2.30. The van der Waals surface area contributed by atoms with Crippen LogP contribution in [0.3, 0.4) is 0 Å². The molecule has 2 rings (SSSR count). The Labute approximate surface area is 116 Å². The fourth-order valence-electron chi connectivity index (χ4n) is 2.30. The van der Waals surface area contributed by atoms with Gasteiger partial charge in [0.1, 0.15) is 11.6 Å². The molecule has 0 aliphatic heterocycles. The monoisotopic (exact) mass is 287 g/mol. The van der Waals surface area contributed by atoms with Crippen LogP contribution in [0.4, 0.5) is 8.78 Å². The van der Waals surface area contributed by atoms with E-state index < -0.39 is 17.5 Å². The Morgan fingerprint density at radius 2 is 2.00 bits per heavy atom. The van der Waals surface area contributed by atoms with E-state index in [0.29, 0.717) is 12.5 Å². The van der Waals surface area contributed by atoms with Gasteiger partial charge in [-0.25, -0.2) is 8.78 Å². The minimum absolute atomic E-state index is 0.0804. The molecule has 0 aromatic heterocycles. The molecular weight excluding hydrogens is 272 g/mol. The molecule has 0 spiro atoms. The number of rotatable bonds is 3. The molecule has 0 radical (unpaired) electrons. The van der Waals surface area contributed by atoms with Crippen LogP contribution >= 0.6 is 11.6 Å². The molecule has 1 aliphatic rings. The van der Waals surface area contributed by atoms with Crippen molar-refractivity contribution in [3.8, 4) is 0 Å². The van der Waals surface area contributed by atoms with Gasteiger partial charge in [0.2, 0.25) is 0 Å². The summed E-state index contributed by atoms with van der Waals surface area (Å²) in [6, 6.07) is 2.02. The number of halogens is 3. The summed E-state index contributed by atoms with van der Waals surface area (Å²) in [7, 11) is 1.63. The minimum Gasteiger partial charge on any atom is -0.341 e. The lowest BCUT2D eigenvalue weighted by atomic mass is 9.84. The number of carbonyl (C=O) groups is 1. The lowest BCUT2D eigenvalue weighted by Crippen LogP contribution is -2.38. The van der Waals surface area contributed by atoms with Crippen LogP contribution in [0.15, 0.2) is 12.1 Å². The zero-order valence-corrected chi connectivity index (χ0v) is 11.7. The molecule has 1 amide bonds. The van der Waals surface area contributed by atoms with E-state index >= 15 is 0 Å². The number of nitrogens with zero attached hydrogens (tertiary/aromatic N) is 1. The highest BCUT2D eigenvalue weighted by molar-refractivity contribution is 6.21. The van der Waals surface area contributed by atoms with Gasteiger partial charge in [-0.3, -0.25) is 4.79 Å². The van der Waals surface area contributed by atoms with E-state index in [1.54, 1.807) is 7.05 Å². The minimum atomic E-state index is -0.816. The van der Waals surface area contributed by atoms with Crippen molar-refractivity contribution in [3.05, 3.63) is 34.9 Å². The largest absolute Gasteiger partial charge is 0.341 e. The van der Waals surface area contributed by atoms with Gasteiger partial charge in [-0.05, 0) is 37.3 Å². The Kier molecular flexibility index (Phi) is 4.09. The normalized spacial score (nSPS) is 21.9. The van der Waals surface area contributed by atoms with Gasteiger partial charge in [-0.15, -0.1) is 11.6 Å². The highest BCUT2D eigenvalue weighted by Crippen LogP contribution is 2.32. The number of aryl methyl sites for hydroxylation is 1. The zero-order chi connectivity index (χ0) is 14.2. The van der Waals surface area contributed by atoms with Crippen LogP contribution < -0.4 is 0 Å². The molecule has 5 heteroatoms. The molecule has 1 fully saturated rings. The summed E-state index contributed by atoms with van der Waals surface area (Å²) in [5.74, 6) is -1.50. The first-order chi connectivity index (χ1) is 8.88. The molecule has 1 aromatic carbocycles. The van der Waals surface area contributed by atoms with E-state index in [-0.39, 0.29) is 16.5 Å². The summed E-state index contributed by atoms with van der Waals surface area (Å²) in [5, 5.41) is 0.193. The lowest BCUT2D eigenvalue weighted by Gasteiger charge is -2.34. The molecule has 0 heterocycles. The van der Waals surface area contributed by atoms with Crippen LogP contribution in [0.25, 0.3) is 0 Å². The van der Waals surface area contributed by atoms with Crippen molar-refractivity contribution in [1.29, 1.82) is 0 Å². The molecule has 1 aromatic rings. The van der Waals surface area contributed by atoms with E-state index in [9.17, 15) is 13.6 Å². The first kappa shape index (κ1) is 14.3. The maximum Gasteiger partial charge on any atom is 0.256 e. The van der Waals surface area contributed by atoms with Gasteiger partial charge < -0.3 is 4.90 Å². The maximum absolute atomic E-state index is 13.6. The molecular formula is C14H16ClF2NO. The molecule has 0 saturated heterocycles. The van der Waals surface area contributed by atoms with Gasteiger partial charge in [0.15, 0.2) is 0 Å². The Hall–Kier alpha value is -1.16. The fraction of sp³-hybridized carbons (Fsp3) is 0.500. The van der Waals surface area contributed by atoms with Crippen LogP contribution in [0.1, 0.15) is 28.8 Å². The number of alkyl halides is 1. The van der Waals surface area contributed by atoms with E-state index in [1.165, 1.54) is 17.9 Å². The Morgan fingerprint density at radius 1 is 1.37 bits per heavy atom. The predicted molar refractivity (Wildman–Crippen MR) is 70.4 cm³/mol. The number of carbonyl (C=O) groups excluding carboxylic acids is 1. The van der Waals surface area contributed by atoms with Crippen molar-refractivity contribution in [1.82, 2.24) is 4.90 Å². The molecule has 0 atom stereocenters. The first-order valence-corrected chi connectivity index (χ1v) is 6.67. The average molecular weight is 288 g/mol. The third-order valence-electron chi connectivity index (χ3n) is 3.54. The Balaban J connectivity index is 2.08. The second kappa shape index (κ2) is 5.45. The number of hydrogen-bond acceptors (Lipinski definition) is 1. The van der Waals surface area contributed by atoms with Crippen LogP contribution in [0.5, 0.6) is 0 Å². The number of benzene rings is 1. The molecule has 104 valence electrons. The van der Waals surface area contributed by atoms with E-state index in [2.05, 4.69) is 0 Å². The second-order valence-electron chi connectivity index (χ2n) is 5.20. The van der Waals surface area contributed by atoms with Crippen LogP contribution in [0.2, 0.25) is 0 Å². The predicted octanol–water partition coefficient (Wildman–Crippen LogP) is 3.36. The van der Waals surface area contributed by atoms with Gasteiger partial charge in [-0.2, -0.15) is 0 Å². The van der Waals surface area contributed by atoms with Crippen molar-refractivity contribution in [2.75, 3.05) is 13.6 Å². The van der Waals surface area contributed by atoms with Crippen molar-refractivity contribution in [2.24, 2.45) is 5.92 Å². The molecule has 0 bridgehead atoms. The van der Waals surface area contributed by atoms with Crippen LogP contribution in [0, 0.1) is 24.5 Å². The average Bonchev–Trinajstić information content (AvgIpc) is 2.31. The third kappa shape index (κ3) is 3.06. The van der Waals surface area contributed by atoms with Crippen molar-refractivity contribution >= 4 is 17.5 Å². The van der Waals surface area contributed by atoms with Crippen LogP contribution in [-0.4, -0.2) is 29.8 Å². The number of hydrogen-bond donors (Lipinski definition) is 0. The van der Waals surface area contributed by atoms with Gasteiger partial charge in [0.05, 0.1) is 5.56 Å². The first-order valence-electron chi connectivity index (χ1n) is 6.23. The Bertz CT molecular complexity index is 500. The molecule has 19 heavy (non-hydrogen) atoms. The van der Waals surface area contributed by atoms with E-state index in [4.69, 9.17) is 11.6 Å². The lowest BCUT2D eigenvalue weighted by molar-refractivity contribution is 0.0742. The van der Waals surface area contributed by atoms with E-state index in [1.807, 2.05) is 0 Å². The van der Waals surface area contributed by atoms with Gasteiger partial charge in [-0.1, -0.05) is 0 Å². The number of amides is 1. The molecule has 1 aliphatic carbocycles.